The molecule has 5 heteroatoms. The van der Waals surface area contributed by atoms with Crippen molar-refractivity contribution in [1.82, 2.24) is 10.2 Å². The molecule has 0 atom stereocenters. The third-order valence-electron chi connectivity index (χ3n) is 3.32. The summed E-state index contributed by atoms with van der Waals surface area (Å²) in [5.74, 6) is 0.701. The van der Waals surface area contributed by atoms with Crippen LogP contribution >= 0.6 is 11.6 Å². The summed E-state index contributed by atoms with van der Waals surface area (Å²) < 4.78 is 5.93. The summed E-state index contributed by atoms with van der Waals surface area (Å²) in [6, 6.07) is 8.90. The van der Waals surface area contributed by atoms with Crippen LogP contribution in [0.15, 0.2) is 35.1 Å². The molecule has 112 valence electrons. The second-order valence-corrected chi connectivity index (χ2v) is 5.32. The minimum atomic E-state index is -0.201. The van der Waals surface area contributed by atoms with Crippen LogP contribution < -0.4 is 10.3 Å². The summed E-state index contributed by atoms with van der Waals surface area (Å²) in [7, 11) is 0. The van der Waals surface area contributed by atoms with Gasteiger partial charge in [-0.25, -0.2) is 5.10 Å². The number of ether oxygens (including phenoxy) is 1. The van der Waals surface area contributed by atoms with E-state index in [4.69, 9.17) is 16.3 Å². The molecule has 0 bridgehead atoms. The van der Waals surface area contributed by atoms with Crippen molar-refractivity contribution < 1.29 is 4.74 Å². The Morgan fingerprint density at radius 2 is 2.00 bits per heavy atom. The SMILES string of the molecule is CCC(CC)Oc1cc(Cc2ccc(=O)[nH]n2)ccc1Cl. The largest absolute Gasteiger partial charge is 0.489 e. The Morgan fingerprint density at radius 1 is 1.24 bits per heavy atom. The molecule has 0 aliphatic carbocycles. The van der Waals surface area contributed by atoms with Gasteiger partial charge in [-0.05, 0) is 36.6 Å². The molecule has 1 aromatic carbocycles. The minimum absolute atomic E-state index is 0.170. The minimum Gasteiger partial charge on any atom is -0.489 e. The first-order valence-electron chi connectivity index (χ1n) is 7.12. The molecule has 2 aromatic rings. The van der Waals surface area contributed by atoms with Crippen molar-refractivity contribution in [2.24, 2.45) is 0 Å². The molecule has 0 radical (unpaired) electrons. The van der Waals surface area contributed by atoms with Crippen molar-refractivity contribution in [2.75, 3.05) is 0 Å². The van der Waals surface area contributed by atoms with E-state index in [0.717, 1.165) is 24.1 Å². The Labute approximate surface area is 129 Å². The smallest absolute Gasteiger partial charge is 0.264 e. The molecule has 0 aliphatic heterocycles. The molecule has 1 heterocycles. The molecule has 1 aromatic heterocycles. The number of rotatable bonds is 6. The topological polar surface area (TPSA) is 55.0 Å². The van der Waals surface area contributed by atoms with Crippen molar-refractivity contribution in [3.63, 3.8) is 0 Å². The highest BCUT2D eigenvalue weighted by molar-refractivity contribution is 6.32. The first-order chi connectivity index (χ1) is 10.1. The standard InChI is InChI=1S/C16H19ClN2O2/c1-3-13(4-2)21-15-10-11(5-7-14(15)17)9-12-6-8-16(20)19-18-12/h5-8,10,13H,3-4,9H2,1-2H3,(H,19,20). The van der Waals surface area contributed by atoms with Crippen molar-refractivity contribution in [1.29, 1.82) is 0 Å². The van der Waals surface area contributed by atoms with Gasteiger partial charge in [0.2, 0.25) is 0 Å². The van der Waals surface area contributed by atoms with Crippen molar-refractivity contribution >= 4 is 11.6 Å². The fraction of sp³-hybridized carbons (Fsp3) is 0.375. The summed E-state index contributed by atoms with van der Waals surface area (Å²) in [4.78, 5) is 11.0. The zero-order valence-corrected chi connectivity index (χ0v) is 13.0. The van der Waals surface area contributed by atoms with E-state index in [0.29, 0.717) is 17.2 Å². The number of hydrogen-bond acceptors (Lipinski definition) is 3. The van der Waals surface area contributed by atoms with E-state index in [9.17, 15) is 4.79 Å². The number of halogens is 1. The van der Waals surface area contributed by atoms with Crippen LogP contribution in [-0.4, -0.2) is 16.3 Å². The quantitative estimate of drug-likeness (QED) is 0.887. The first kappa shape index (κ1) is 15.6. The molecular formula is C16H19ClN2O2. The van der Waals surface area contributed by atoms with Gasteiger partial charge in [-0.15, -0.1) is 0 Å². The number of nitrogens with zero attached hydrogens (tertiary/aromatic N) is 1. The Morgan fingerprint density at radius 3 is 2.62 bits per heavy atom. The van der Waals surface area contributed by atoms with Crippen molar-refractivity contribution in [2.45, 2.75) is 39.2 Å². The van der Waals surface area contributed by atoms with Crippen molar-refractivity contribution in [3.8, 4) is 5.75 Å². The van der Waals surface area contributed by atoms with E-state index in [1.807, 2.05) is 18.2 Å². The molecule has 0 fully saturated rings. The van der Waals surface area contributed by atoms with E-state index < -0.39 is 0 Å². The lowest BCUT2D eigenvalue weighted by molar-refractivity contribution is 0.193. The predicted molar refractivity (Wildman–Crippen MR) is 84.1 cm³/mol. The number of H-pyrrole nitrogens is 1. The third kappa shape index (κ3) is 4.33. The Hall–Kier alpha value is -1.81. The normalized spacial score (nSPS) is 10.9. The number of aromatic amines is 1. The Kier molecular flexibility index (Phi) is 5.39. The zero-order chi connectivity index (χ0) is 15.2. The third-order valence-corrected chi connectivity index (χ3v) is 3.63. The predicted octanol–water partition coefficient (Wildman–Crippen LogP) is 3.58. The van der Waals surface area contributed by atoms with Gasteiger partial charge in [0.1, 0.15) is 5.75 Å². The molecule has 0 saturated carbocycles. The number of aromatic nitrogens is 2. The van der Waals surface area contributed by atoms with Crippen LogP contribution in [-0.2, 0) is 6.42 Å². The molecule has 1 N–H and O–H groups in total. The highest BCUT2D eigenvalue weighted by Crippen LogP contribution is 2.28. The number of benzene rings is 1. The summed E-state index contributed by atoms with van der Waals surface area (Å²) in [6.45, 7) is 4.19. The van der Waals surface area contributed by atoms with Gasteiger partial charge in [-0.3, -0.25) is 4.79 Å². The highest BCUT2D eigenvalue weighted by atomic mass is 35.5. The maximum atomic E-state index is 11.0. The van der Waals surface area contributed by atoms with Gasteiger partial charge in [0, 0.05) is 12.5 Å². The lowest BCUT2D eigenvalue weighted by Gasteiger charge is -2.17. The van der Waals surface area contributed by atoms with Gasteiger partial charge in [0.25, 0.3) is 5.56 Å². The van der Waals surface area contributed by atoms with Crippen LogP contribution in [0.1, 0.15) is 37.9 Å². The van der Waals surface area contributed by atoms with Crippen LogP contribution in [0, 0.1) is 0 Å². The fourth-order valence-electron chi connectivity index (χ4n) is 2.06. The van der Waals surface area contributed by atoms with Gasteiger partial charge >= 0.3 is 0 Å². The maximum Gasteiger partial charge on any atom is 0.264 e. The second kappa shape index (κ2) is 7.27. The summed E-state index contributed by atoms with van der Waals surface area (Å²) in [6.07, 6.45) is 2.67. The molecule has 0 saturated heterocycles. The molecule has 0 unspecified atom stereocenters. The molecule has 0 amide bonds. The van der Waals surface area contributed by atoms with Gasteiger partial charge in [0.15, 0.2) is 0 Å². The Balaban J connectivity index is 2.17. The average Bonchev–Trinajstić information content (AvgIpc) is 2.50. The highest BCUT2D eigenvalue weighted by Gasteiger charge is 2.10. The summed E-state index contributed by atoms with van der Waals surface area (Å²) >= 11 is 6.19. The van der Waals surface area contributed by atoms with Gasteiger partial charge in [0.05, 0.1) is 16.8 Å². The molecule has 0 spiro atoms. The van der Waals surface area contributed by atoms with Crippen molar-refractivity contribution in [3.05, 3.63) is 57.0 Å². The van der Waals surface area contributed by atoms with Crippen LogP contribution in [0.4, 0.5) is 0 Å². The van der Waals surface area contributed by atoms with Crippen LogP contribution in [0.5, 0.6) is 5.75 Å². The lowest BCUT2D eigenvalue weighted by atomic mass is 10.1. The van der Waals surface area contributed by atoms with Gasteiger partial charge in [-0.1, -0.05) is 31.5 Å². The van der Waals surface area contributed by atoms with E-state index >= 15 is 0 Å². The second-order valence-electron chi connectivity index (χ2n) is 4.91. The number of hydrogen-bond donors (Lipinski definition) is 1. The van der Waals surface area contributed by atoms with Gasteiger partial charge in [-0.2, -0.15) is 5.10 Å². The van der Waals surface area contributed by atoms with E-state index in [-0.39, 0.29) is 11.7 Å². The lowest BCUT2D eigenvalue weighted by Crippen LogP contribution is -2.14. The van der Waals surface area contributed by atoms with E-state index in [1.54, 1.807) is 6.07 Å². The van der Waals surface area contributed by atoms with Crippen LogP contribution in [0.2, 0.25) is 5.02 Å². The van der Waals surface area contributed by atoms with E-state index in [1.165, 1.54) is 6.07 Å². The average molecular weight is 307 g/mol. The maximum absolute atomic E-state index is 11.0. The summed E-state index contributed by atoms with van der Waals surface area (Å²) in [5, 5.41) is 7.05. The fourth-order valence-corrected chi connectivity index (χ4v) is 2.23. The Bertz CT molecular complexity index is 630. The first-order valence-corrected chi connectivity index (χ1v) is 7.49. The number of nitrogens with one attached hydrogen (secondary N) is 1. The van der Waals surface area contributed by atoms with Crippen LogP contribution in [0.25, 0.3) is 0 Å². The zero-order valence-electron chi connectivity index (χ0n) is 12.2. The molecular weight excluding hydrogens is 288 g/mol. The molecule has 21 heavy (non-hydrogen) atoms. The van der Waals surface area contributed by atoms with Crippen LogP contribution in [0.3, 0.4) is 0 Å². The monoisotopic (exact) mass is 306 g/mol. The van der Waals surface area contributed by atoms with Gasteiger partial charge < -0.3 is 4.74 Å². The molecule has 2 rings (SSSR count). The molecule has 4 nitrogen and oxygen atoms in total. The van der Waals surface area contributed by atoms with E-state index in [2.05, 4.69) is 24.0 Å². The summed E-state index contributed by atoms with van der Waals surface area (Å²) in [5.41, 5.74) is 1.64. The molecule has 0 aliphatic rings.